The molecule has 0 radical (unpaired) electrons. The van der Waals surface area contributed by atoms with Crippen LogP contribution in [0.5, 0.6) is 0 Å². The van der Waals surface area contributed by atoms with Gasteiger partial charge < -0.3 is 10.6 Å². The second kappa shape index (κ2) is 8.75. The Morgan fingerprint density at radius 3 is 2.44 bits per heavy atom. The molecule has 25 heavy (non-hydrogen) atoms. The van der Waals surface area contributed by atoms with Crippen LogP contribution in [0.25, 0.3) is 0 Å². The van der Waals surface area contributed by atoms with Gasteiger partial charge in [-0.2, -0.15) is 0 Å². The number of sulfonamides is 1. The molecule has 0 atom stereocenters. The third-order valence-corrected chi connectivity index (χ3v) is 5.53. The molecule has 1 aromatic heterocycles. The summed E-state index contributed by atoms with van der Waals surface area (Å²) < 4.78 is 26.6. The summed E-state index contributed by atoms with van der Waals surface area (Å²) in [5.41, 5.74) is 0.498. The van der Waals surface area contributed by atoms with Gasteiger partial charge in [-0.1, -0.05) is 6.07 Å². The molecule has 0 bridgehead atoms. The van der Waals surface area contributed by atoms with Crippen molar-refractivity contribution in [3.63, 3.8) is 0 Å². The summed E-state index contributed by atoms with van der Waals surface area (Å²) in [5.74, 6) is -0.636. The zero-order chi connectivity index (χ0) is 18.3. The molecule has 0 aliphatic carbocycles. The molecule has 0 aliphatic heterocycles. The molecule has 0 aliphatic rings. The van der Waals surface area contributed by atoms with Crippen LogP contribution in [0.2, 0.25) is 0 Å². The summed E-state index contributed by atoms with van der Waals surface area (Å²) in [4.78, 5) is 23.9. The van der Waals surface area contributed by atoms with E-state index in [4.69, 9.17) is 0 Å². The van der Waals surface area contributed by atoms with Crippen LogP contribution >= 0.6 is 11.3 Å². The van der Waals surface area contributed by atoms with Crippen molar-refractivity contribution in [2.24, 2.45) is 0 Å². The Hall–Kier alpha value is -2.23. The first kappa shape index (κ1) is 19.1. The fourth-order valence-corrected chi connectivity index (χ4v) is 3.70. The number of carbonyl (C=O) groups is 2. The normalized spacial score (nSPS) is 11.1. The van der Waals surface area contributed by atoms with Crippen molar-refractivity contribution < 1.29 is 18.0 Å². The van der Waals surface area contributed by atoms with E-state index in [1.54, 1.807) is 11.3 Å². The van der Waals surface area contributed by atoms with Gasteiger partial charge in [-0.25, -0.2) is 13.1 Å². The molecule has 3 N–H and O–H groups in total. The highest BCUT2D eigenvalue weighted by atomic mass is 32.2. The first-order chi connectivity index (χ1) is 11.9. The molecule has 9 heteroatoms. The maximum atomic E-state index is 12.2. The third-order valence-electron chi connectivity index (χ3n) is 3.18. The number of rotatable bonds is 8. The van der Waals surface area contributed by atoms with Gasteiger partial charge in [0.05, 0.1) is 11.4 Å². The van der Waals surface area contributed by atoms with E-state index < -0.39 is 15.9 Å². The molecule has 0 fully saturated rings. The fourth-order valence-electron chi connectivity index (χ4n) is 2.01. The maximum absolute atomic E-state index is 12.2. The van der Waals surface area contributed by atoms with Gasteiger partial charge in [0.2, 0.25) is 21.8 Å². The number of benzene rings is 1. The third kappa shape index (κ3) is 6.29. The maximum Gasteiger partial charge on any atom is 0.241 e. The Labute approximate surface area is 150 Å². The SMILES string of the molecule is CC(=O)Nc1ccc(S(=O)(=O)NCC(=O)NCCc2cccs2)cc1. The predicted molar refractivity (Wildman–Crippen MR) is 97.0 cm³/mol. The van der Waals surface area contributed by atoms with Gasteiger partial charge in [-0.3, -0.25) is 9.59 Å². The zero-order valence-electron chi connectivity index (χ0n) is 13.6. The Morgan fingerprint density at radius 1 is 1.12 bits per heavy atom. The van der Waals surface area contributed by atoms with Crippen LogP contribution in [0, 0.1) is 0 Å². The summed E-state index contributed by atoms with van der Waals surface area (Å²) in [6.07, 6.45) is 0.709. The van der Waals surface area contributed by atoms with Gasteiger partial charge >= 0.3 is 0 Å². The van der Waals surface area contributed by atoms with Crippen LogP contribution in [-0.4, -0.2) is 33.3 Å². The Bertz CT molecular complexity index is 816. The molecule has 7 nitrogen and oxygen atoms in total. The number of nitrogens with one attached hydrogen (secondary N) is 3. The van der Waals surface area contributed by atoms with E-state index in [-0.39, 0.29) is 17.3 Å². The van der Waals surface area contributed by atoms with Gasteiger partial charge in [-0.05, 0) is 42.1 Å². The first-order valence-corrected chi connectivity index (χ1v) is 9.89. The topological polar surface area (TPSA) is 104 Å². The van der Waals surface area contributed by atoms with Crippen molar-refractivity contribution in [1.82, 2.24) is 10.0 Å². The molecule has 1 aromatic carbocycles. The average Bonchev–Trinajstić information content (AvgIpc) is 3.06. The van der Waals surface area contributed by atoms with E-state index in [1.807, 2.05) is 17.5 Å². The second-order valence-corrected chi connectivity index (χ2v) is 8.01. The molecule has 134 valence electrons. The number of hydrogen-bond acceptors (Lipinski definition) is 5. The Kier molecular flexibility index (Phi) is 6.68. The largest absolute Gasteiger partial charge is 0.355 e. The van der Waals surface area contributed by atoms with Crippen LogP contribution in [0.4, 0.5) is 5.69 Å². The zero-order valence-corrected chi connectivity index (χ0v) is 15.2. The molecular weight excluding hydrogens is 362 g/mol. The van der Waals surface area contributed by atoms with Crippen LogP contribution in [0.1, 0.15) is 11.8 Å². The number of thiophene rings is 1. The number of amides is 2. The van der Waals surface area contributed by atoms with Crippen molar-refractivity contribution >= 4 is 38.9 Å². The second-order valence-electron chi connectivity index (χ2n) is 5.21. The van der Waals surface area contributed by atoms with Gasteiger partial charge in [0.1, 0.15) is 0 Å². The summed E-state index contributed by atoms with van der Waals surface area (Å²) in [6.45, 7) is 1.48. The van der Waals surface area contributed by atoms with E-state index in [9.17, 15) is 18.0 Å². The minimum absolute atomic E-state index is 0.0213. The predicted octanol–water partition coefficient (Wildman–Crippen LogP) is 1.34. The molecule has 2 aromatic rings. The van der Waals surface area contributed by atoms with Crippen LogP contribution < -0.4 is 15.4 Å². The summed E-state index contributed by atoms with van der Waals surface area (Å²) in [7, 11) is -3.79. The van der Waals surface area contributed by atoms with Gasteiger partial charge in [-0.15, -0.1) is 11.3 Å². The average molecular weight is 381 g/mol. The molecule has 0 saturated heterocycles. The van der Waals surface area contributed by atoms with Crippen molar-refractivity contribution in [2.45, 2.75) is 18.2 Å². The highest BCUT2D eigenvalue weighted by molar-refractivity contribution is 7.89. The van der Waals surface area contributed by atoms with E-state index in [0.29, 0.717) is 18.7 Å². The van der Waals surface area contributed by atoms with Crippen LogP contribution in [-0.2, 0) is 26.0 Å². The summed E-state index contributed by atoms with van der Waals surface area (Å²) in [6, 6.07) is 9.61. The van der Waals surface area contributed by atoms with E-state index in [1.165, 1.54) is 31.2 Å². The molecular formula is C16H19N3O4S2. The van der Waals surface area contributed by atoms with E-state index in [0.717, 1.165) is 4.88 Å². The standard InChI is InChI=1S/C16H19N3O4S2/c1-12(20)19-13-4-6-15(7-5-13)25(22,23)18-11-16(21)17-9-8-14-3-2-10-24-14/h2-7,10,18H,8-9,11H2,1H3,(H,17,21)(H,19,20). The van der Waals surface area contributed by atoms with Gasteiger partial charge in [0.25, 0.3) is 0 Å². The minimum atomic E-state index is -3.79. The van der Waals surface area contributed by atoms with Crippen LogP contribution in [0.3, 0.4) is 0 Å². The summed E-state index contributed by atoms with van der Waals surface area (Å²) >= 11 is 1.61. The Balaban J connectivity index is 1.81. The quantitative estimate of drug-likeness (QED) is 0.642. The van der Waals surface area contributed by atoms with E-state index in [2.05, 4.69) is 15.4 Å². The van der Waals surface area contributed by atoms with Gasteiger partial charge in [0.15, 0.2) is 0 Å². The van der Waals surface area contributed by atoms with Crippen molar-refractivity contribution in [3.05, 3.63) is 46.7 Å². The highest BCUT2D eigenvalue weighted by Gasteiger charge is 2.15. The Morgan fingerprint density at radius 2 is 1.84 bits per heavy atom. The monoisotopic (exact) mass is 381 g/mol. The van der Waals surface area contributed by atoms with Crippen molar-refractivity contribution in [2.75, 3.05) is 18.4 Å². The molecule has 0 unspecified atom stereocenters. The molecule has 2 amide bonds. The molecule has 1 heterocycles. The summed E-state index contributed by atoms with van der Waals surface area (Å²) in [5, 5.41) is 7.18. The minimum Gasteiger partial charge on any atom is -0.355 e. The number of carbonyl (C=O) groups excluding carboxylic acids is 2. The fraction of sp³-hybridized carbons (Fsp3) is 0.250. The number of hydrogen-bond donors (Lipinski definition) is 3. The lowest BCUT2D eigenvalue weighted by molar-refractivity contribution is -0.120. The first-order valence-electron chi connectivity index (χ1n) is 7.53. The van der Waals surface area contributed by atoms with Crippen molar-refractivity contribution in [3.8, 4) is 0 Å². The lowest BCUT2D eigenvalue weighted by atomic mass is 10.3. The van der Waals surface area contributed by atoms with Gasteiger partial charge in [0, 0.05) is 24.0 Å². The molecule has 2 rings (SSSR count). The van der Waals surface area contributed by atoms with E-state index >= 15 is 0 Å². The molecule has 0 saturated carbocycles. The molecule has 0 spiro atoms. The van der Waals surface area contributed by atoms with Crippen LogP contribution in [0.15, 0.2) is 46.7 Å². The lowest BCUT2D eigenvalue weighted by Crippen LogP contribution is -2.37. The smallest absolute Gasteiger partial charge is 0.241 e. The highest BCUT2D eigenvalue weighted by Crippen LogP contribution is 2.13. The van der Waals surface area contributed by atoms with Crippen molar-refractivity contribution in [1.29, 1.82) is 0 Å². The number of anilines is 1. The lowest BCUT2D eigenvalue weighted by Gasteiger charge is -2.08.